The lowest BCUT2D eigenvalue weighted by atomic mass is 9.95. The first-order valence-electron chi connectivity index (χ1n) is 10.2. The second kappa shape index (κ2) is 9.69. The molecule has 1 aliphatic heterocycles. The molecule has 1 atom stereocenters. The minimum absolute atomic E-state index is 0.226. The summed E-state index contributed by atoms with van der Waals surface area (Å²) < 4.78 is 7.14. The van der Waals surface area contributed by atoms with Crippen molar-refractivity contribution in [1.29, 1.82) is 0 Å². The van der Waals surface area contributed by atoms with Gasteiger partial charge in [-0.2, -0.15) is 0 Å². The zero-order valence-electron chi connectivity index (χ0n) is 17.0. The first-order chi connectivity index (χ1) is 15.1. The first-order valence-corrected chi connectivity index (χ1v) is 11.6. The summed E-state index contributed by atoms with van der Waals surface area (Å²) in [6.45, 7) is 1.97. The van der Waals surface area contributed by atoms with Crippen molar-refractivity contribution < 1.29 is 14.3 Å². The maximum atomic E-state index is 12.9. The molecular weight excluding hydrogens is 440 g/mol. The molecule has 0 spiro atoms. The van der Waals surface area contributed by atoms with Crippen molar-refractivity contribution in [3.05, 3.63) is 46.1 Å². The summed E-state index contributed by atoms with van der Waals surface area (Å²) in [5, 5.41) is 18.9. The molecule has 2 amide bonds. The third-order valence-electron chi connectivity index (χ3n) is 5.33. The van der Waals surface area contributed by atoms with Crippen LogP contribution < -0.4 is 10.6 Å². The molecule has 0 bridgehead atoms. The van der Waals surface area contributed by atoms with Crippen LogP contribution in [0, 0.1) is 0 Å². The van der Waals surface area contributed by atoms with Crippen molar-refractivity contribution in [1.82, 2.24) is 30.8 Å². The van der Waals surface area contributed by atoms with Crippen LogP contribution in [0.15, 0.2) is 40.7 Å². The van der Waals surface area contributed by atoms with Gasteiger partial charge in [0.05, 0.1) is 24.3 Å². The fourth-order valence-electron chi connectivity index (χ4n) is 3.88. The van der Waals surface area contributed by atoms with Gasteiger partial charge in [0.2, 0.25) is 5.16 Å². The van der Waals surface area contributed by atoms with Gasteiger partial charge in [-0.3, -0.25) is 0 Å². The van der Waals surface area contributed by atoms with Gasteiger partial charge in [-0.05, 0) is 47.9 Å². The number of benzene rings is 1. The molecule has 1 unspecified atom stereocenters. The van der Waals surface area contributed by atoms with Gasteiger partial charge in [-0.15, -0.1) is 5.10 Å². The Labute approximate surface area is 188 Å². The first kappa shape index (κ1) is 21.6. The predicted molar refractivity (Wildman–Crippen MR) is 116 cm³/mol. The third kappa shape index (κ3) is 4.85. The van der Waals surface area contributed by atoms with Crippen LogP contribution in [-0.2, 0) is 9.53 Å². The molecule has 0 radical (unpaired) electrons. The van der Waals surface area contributed by atoms with Crippen LogP contribution in [0.5, 0.6) is 0 Å². The van der Waals surface area contributed by atoms with Crippen molar-refractivity contribution in [3.63, 3.8) is 0 Å². The highest BCUT2D eigenvalue weighted by Gasteiger charge is 2.34. The van der Waals surface area contributed by atoms with E-state index in [2.05, 4.69) is 26.2 Å². The van der Waals surface area contributed by atoms with Crippen molar-refractivity contribution in [3.8, 4) is 0 Å². The number of esters is 1. The van der Waals surface area contributed by atoms with E-state index >= 15 is 0 Å². The minimum atomic E-state index is -0.647. The Bertz CT molecular complexity index is 987. The maximum Gasteiger partial charge on any atom is 0.338 e. The Morgan fingerprint density at radius 3 is 2.74 bits per heavy atom. The second-order valence-corrected chi connectivity index (χ2v) is 8.71. The fourth-order valence-corrected chi connectivity index (χ4v) is 4.92. The molecule has 1 aliphatic carbocycles. The molecule has 164 valence electrons. The highest BCUT2D eigenvalue weighted by molar-refractivity contribution is 7.99. The molecule has 1 aromatic carbocycles. The van der Waals surface area contributed by atoms with E-state index in [0.29, 0.717) is 33.2 Å². The summed E-state index contributed by atoms with van der Waals surface area (Å²) in [5.41, 5.74) is 1.57. The van der Waals surface area contributed by atoms with E-state index in [1.807, 2.05) is 4.68 Å². The summed E-state index contributed by atoms with van der Waals surface area (Å²) in [4.78, 5) is 25.2. The number of hydrogen-bond acceptors (Lipinski definition) is 7. The lowest BCUT2D eigenvalue weighted by Crippen LogP contribution is -2.46. The summed E-state index contributed by atoms with van der Waals surface area (Å²) in [7, 11) is 0. The van der Waals surface area contributed by atoms with Crippen LogP contribution in [0.1, 0.15) is 50.3 Å². The van der Waals surface area contributed by atoms with Gasteiger partial charge in [0.25, 0.3) is 0 Å². The van der Waals surface area contributed by atoms with Crippen molar-refractivity contribution in [2.24, 2.45) is 0 Å². The summed E-state index contributed by atoms with van der Waals surface area (Å²) >= 11 is 7.39. The monoisotopic (exact) mass is 462 g/mol. The average molecular weight is 463 g/mol. The van der Waals surface area contributed by atoms with Crippen LogP contribution in [0.3, 0.4) is 0 Å². The summed E-state index contributed by atoms with van der Waals surface area (Å²) in [6.07, 6.45) is 4.43. The van der Waals surface area contributed by atoms with Gasteiger partial charge in [0, 0.05) is 16.5 Å². The molecule has 2 heterocycles. The Morgan fingerprint density at radius 1 is 1.29 bits per heavy atom. The largest absolute Gasteiger partial charge is 0.463 e. The van der Waals surface area contributed by atoms with E-state index in [1.54, 1.807) is 31.2 Å². The number of nitrogens with one attached hydrogen (secondary N) is 2. The van der Waals surface area contributed by atoms with Crippen molar-refractivity contribution in [2.75, 3.05) is 12.4 Å². The maximum absolute atomic E-state index is 12.9. The van der Waals surface area contributed by atoms with Crippen LogP contribution >= 0.6 is 23.4 Å². The lowest BCUT2D eigenvalue weighted by Gasteiger charge is -2.29. The minimum Gasteiger partial charge on any atom is -0.463 e. The third-order valence-corrected chi connectivity index (χ3v) is 6.54. The van der Waals surface area contributed by atoms with E-state index in [1.165, 1.54) is 11.8 Å². The molecule has 9 nitrogen and oxygen atoms in total. The van der Waals surface area contributed by atoms with Crippen LogP contribution in [-0.4, -0.2) is 44.6 Å². The molecule has 0 saturated heterocycles. The van der Waals surface area contributed by atoms with Gasteiger partial charge in [-0.25, -0.2) is 14.3 Å². The molecule has 2 aromatic rings. The smallest absolute Gasteiger partial charge is 0.338 e. The van der Waals surface area contributed by atoms with Crippen LogP contribution in [0.4, 0.5) is 4.79 Å². The number of rotatable bonds is 7. The second-order valence-electron chi connectivity index (χ2n) is 7.33. The SMILES string of the molecule is CCOC(=O)C1=C(CSc2nnnn2C2CCCC2)NC(=O)NC1c1ccc(Cl)cc1. The van der Waals surface area contributed by atoms with Crippen LogP contribution in [0.25, 0.3) is 0 Å². The molecule has 11 heteroatoms. The zero-order valence-corrected chi connectivity index (χ0v) is 18.6. The Balaban J connectivity index is 1.63. The Morgan fingerprint density at radius 2 is 2.03 bits per heavy atom. The summed E-state index contributed by atoms with van der Waals surface area (Å²) in [6, 6.07) is 6.26. The molecule has 31 heavy (non-hydrogen) atoms. The molecule has 2 N–H and O–H groups in total. The van der Waals surface area contributed by atoms with Gasteiger partial charge >= 0.3 is 12.0 Å². The molecule has 1 saturated carbocycles. The molecule has 2 aliphatic rings. The Kier molecular flexibility index (Phi) is 6.77. The van der Waals surface area contributed by atoms with E-state index in [0.717, 1.165) is 31.2 Å². The lowest BCUT2D eigenvalue weighted by molar-refractivity contribution is -0.139. The number of ether oxygens (including phenoxy) is 1. The van der Waals surface area contributed by atoms with E-state index in [9.17, 15) is 9.59 Å². The number of thioether (sulfide) groups is 1. The Hall–Kier alpha value is -2.59. The van der Waals surface area contributed by atoms with Gasteiger partial charge in [0.15, 0.2) is 0 Å². The normalized spacial score (nSPS) is 19.3. The van der Waals surface area contributed by atoms with Crippen molar-refractivity contribution in [2.45, 2.75) is 49.8 Å². The van der Waals surface area contributed by atoms with E-state index in [4.69, 9.17) is 16.3 Å². The van der Waals surface area contributed by atoms with E-state index in [-0.39, 0.29) is 12.6 Å². The standard InChI is InChI=1S/C20H23ClN6O3S/c1-2-30-18(28)16-15(11-31-20-24-25-26-27(20)14-5-3-4-6-14)22-19(29)23-17(16)12-7-9-13(21)10-8-12/h7-10,14,17H,2-6,11H2,1H3,(H2,22,23,29). The number of carbonyl (C=O) groups is 2. The highest BCUT2D eigenvalue weighted by atomic mass is 35.5. The van der Waals surface area contributed by atoms with Gasteiger partial charge in [-0.1, -0.05) is 48.3 Å². The van der Waals surface area contributed by atoms with Crippen molar-refractivity contribution >= 4 is 35.4 Å². The molecule has 1 fully saturated rings. The number of aromatic nitrogens is 4. The zero-order chi connectivity index (χ0) is 21.8. The molecule has 4 rings (SSSR count). The number of urea groups is 1. The van der Waals surface area contributed by atoms with Gasteiger partial charge < -0.3 is 15.4 Å². The topological polar surface area (TPSA) is 111 Å². The number of hydrogen-bond donors (Lipinski definition) is 2. The molecular formula is C20H23ClN6O3S. The molecule has 1 aromatic heterocycles. The van der Waals surface area contributed by atoms with Crippen LogP contribution in [0.2, 0.25) is 5.02 Å². The highest BCUT2D eigenvalue weighted by Crippen LogP contribution is 2.34. The predicted octanol–water partition coefficient (Wildman–Crippen LogP) is 3.41. The number of tetrazole rings is 1. The van der Waals surface area contributed by atoms with E-state index < -0.39 is 12.0 Å². The van der Waals surface area contributed by atoms with Gasteiger partial charge in [0.1, 0.15) is 0 Å². The summed E-state index contributed by atoms with van der Waals surface area (Å²) in [5.74, 6) is -0.167. The number of nitrogens with zero attached hydrogens (tertiary/aromatic N) is 4. The number of carbonyl (C=O) groups excluding carboxylic acids is 2. The number of amides is 2. The number of halogens is 1. The fraction of sp³-hybridized carbons (Fsp3) is 0.450. The quantitative estimate of drug-likeness (QED) is 0.479. The average Bonchev–Trinajstić information content (AvgIpc) is 3.44.